The monoisotopic (exact) mass is 323 g/mol. The Morgan fingerprint density at radius 1 is 1.17 bits per heavy atom. The first-order valence-corrected chi connectivity index (χ1v) is 7.43. The van der Waals surface area contributed by atoms with E-state index >= 15 is 0 Å². The number of benzene rings is 1. The summed E-state index contributed by atoms with van der Waals surface area (Å²) in [4.78, 5) is 20.2. The Bertz CT molecular complexity index is 783. The molecular formula is C17H17N5O2. The highest BCUT2D eigenvalue weighted by Crippen LogP contribution is 2.08. The first-order valence-electron chi connectivity index (χ1n) is 7.43. The average Bonchev–Trinajstić information content (AvgIpc) is 3.14. The van der Waals surface area contributed by atoms with Gasteiger partial charge >= 0.3 is 0 Å². The van der Waals surface area contributed by atoms with Crippen molar-refractivity contribution in [1.82, 2.24) is 25.1 Å². The number of carbonyl (C=O) groups is 1. The number of aromatic nitrogens is 4. The van der Waals surface area contributed by atoms with E-state index in [4.69, 9.17) is 4.74 Å². The summed E-state index contributed by atoms with van der Waals surface area (Å²) in [5, 5.41) is 6.93. The van der Waals surface area contributed by atoms with E-state index in [1.807, 2.05) is 18.2 Å². The Hall–Kier alpha value is -3.22. The van der Waals surface area contributed by atoms with Crippen LogP contribution >= 0.6 is 0 Å². The van der Waals surface area contributed by atoms with Crippen LogP contribution < -0.4 is 10.1 Å². The molecule has 0 bridgehead atoms. The van der Waals surface area contributed by atoms with Gasteiger partial charge in [0.2, 0.25) is 5.88 Å². The van der Waals surface area contributed by atoms with Crippen LogP contribution in [0.25, 0.3) is 0 Å². The van der Waals surface area contributed by atoms with Crippen molar-refractivity contribution in [2.24, 2.45) is 0 Å². The minimum Gasteiger partial charge on any atom is -0.481 e. The summed E-state index contributed by atoms with van der Waals surface area (Å²) >= 11 is 0. The lowest BCUT2D eigenvalue weighted by Crippen LogP contribution is -2.22. The number of nitrogens with zero attached hydrogens (tertiary/aromatic N) is 4. The second-order valence-electron chi connectivity index (χ2n) is 5.18. The van der Waals surface area contributed by atoms with E-state index in [9.17, 15) is 4.79 Å². The van der Waals surface area contributed by atoms with Crippen LogP contribution in [-0.2, 0) is 13.1 Å². The summed E-state index contributed by atoms with van der Waals surface area (Å²) in [6.07, 6.45) is 4.83. The van der Waals surface area contributed by atoms with Gasteiger partial charge in [-0.25, -0.2) is 14.6 Å². The molecule has 0 saturated carbocycles. The number of ether oxygens (including phenoxy) is 1. The summed E-state index contributed by atoms with van der Waals surface area (Å²) in [5.41, 5.74) is 2.57. The van der Waals surface area contributed by atoms with Crippen LogP contribution in [0.4, 0.5) is 0 Å². The molecule has 1 amide bonds. The van der Waals surface area contributed by atoms with Crippen molar-refractivity contribution in [3.8, 4) is 5.88 Å². The normalized spacial score (nSPS) is 10.4. The van der Waals surface area contributed by atoms with Crippen LogP contribution in [0, 0.1) is 0 Å². The maximum Gasteiger partial charge on any atom is 0.251 e. The molecule has 3 aromatic rings. The lowest BCUT2D eigenvalue weighted by Gasteiger charge is -2.07. The molecule has 0 atom stereocenters. The topological polar surface area (TPSA) is 81.9 Å². The summed E-state index contributed by atoms with van der Waals surface area (Å²) in [6.45, 7) is 1.04. The Morgan fingerprint density at radius 3 is 2.58 bits per heavy atom. The minimum atomic E-state index is -0.127. The maximum absolute atomic E-state index is 12.2. The second-order valence-corrected chi connectivity index (χ2v) is 5.18. The molecule has 24 heavy (non-hydrogen) atoms. The summed E-state index contributed by atoms with van der Waals surface area (Å²) in [6, 6.07) is 11.0. The fraction of sp³-hybridized carbons (Fsp3) is 0.176. The number of amides is 1. The molecule has 0 spiro atoms. The van der Waals surface area contributed by atoms with E-state index in [0.29, 0.717) is 24.5 Å². The molecule has 0 radical (unpaired) electrons. The molecule has 0 saturated heterocycles. The van der Waals surface area contributed by atoms with Crippen molar-refractivity contribution in [2.45, 2.75) is 13.1 Å². The van der Waals surface area contributed by atoms with Gasteiger partial charge in [-0.05, 0) is 23.3 Å². The van der Waals surface area contributed by atoms with Gasteiger partial charge in [-0.2, -0.15) is 5.10 Å². The van der Waals surface area contributed by atoms with Crippen LogP contribution in [0.5, 0.6) is 5.88 Å². The Kier molecular flexibility index (Phi) is 4.81. The standard InChI is InChI=1S/C17H17N5O2/c1-24-16-7-4-14(8-19-16)9-20-17(23)15-5-2-13(3-6-15)10-22-12-18-11-21-22/h2-8,11-12H,9-10H2,1H3,(H,20,23). The van der Waals surface area contributed by atoms with E-state index in [1.54, 1.807) is 42.5 Å². The summed E-state index contributed by atoms with van der Waals surface area (Å²) in [7, 11) is 1.57. The van der Waals surface area contributed by atoms with Crippen molar-refractivity contribution < 1.29 is 9.53 Å². The number of methoxy groups -OCH3 is 1. The zero-order chi connectivity index (χ0) is 16.8. The molecule has 7 nitrogen and oxygen atoms in total. The van der Waals surface area contributed by atoms with Gasteiger partial charge in [-0.15, -0.1) is 0 Å². The quantitative estimate of drug-likeness (QED) is 0.746. The van der Waals surface area contributed by atoms with Gasteiger partial charge in [0.25, 0.3) is 5.91 Å². The van der Waals surface area contributed by atoms with Crippen LogP contribution in [0.2, 0.25) is 0 Å². The molecule has 0 unspecified atom stereocenters. The van der Waals surface area contributed by atoms with E-state index < -0.39 is 0 Å². The van der Waals surface area contributed by atoms with Crippen molar-refractivity contribution in [3.05, 3.63) is 71.9 Å². The molecule has 7 heteroatoms. The van der Waals surface area contributed by atoms with E-state index in [2.05, 4.69) is 20.4 Å². The maximum atomic E-state index is 12.2. The van der Waals surface area contributed by atoms with E-state index in [1.165, 1.54) is 6.33 Å². The SMILES string of the molecule is COc1ccc(CNC(=O)c2ccc(Cn3cncn3)cc2)cn1. The molecule has 1 N–H and O–H groups in total. The predicted molar refractivity (Wildman–Crippen MR) is 87.5 cm³/mol. The molecule has 0 aliphatic rings. The highest BCUT2D eigenvalue weighted by Gasteiger charge is 2.06. The summed E-state index contributed by atoms with van der Waals surface area (Å²) in [5.74, 6) is 0.422. The zero-order valence-corrected chi connectivity index (χ0v) is 13.2. The van der Waals surface area contributed by atoms with Crippen LogP contribution in [-0.4, -0.2) is 32.8 Å². The Labute approximate surface area is 139 Å². The van der Waals surface area contributed by atoms with E-state index in [-0.39, 0.29) is 5.91 Å². The highest BCUT2D eigenvalue weighted by molar-refractivity contribution is 5.94. The molecule has 2 heterocycles. The highest BCUT2D eigenvalue weighted by atomic mass is 16.5. The largest absolute Gasteiger partial charge is 0.481 e. The van der Waals surface area contributed by atoms with Gasteiger partial charge in [-0.3, -0.25) is 4.79 Å². The first-order chi connectivity index (χ1) is 11.7. The van der Waals surface area contributed by atoms with Crippen molar-refractivity contribution in [1.29, 1.82) is 0 Å². The summed E-state index contributed by atoms with van der Waals surface area (Å²) < 4.78 is 6.73. The van der Waals surface area contributed by atoms with Crippen LogP contribution in [0.3, 0.4) is 0 Å². The van der Waals surface area contributed by atoms with Gasteiger partial charge in [0.1, 0.15) is 12.7 Å². The number of pyridine rings is 1. The third-order valence-corrected chi connectivity index (χ3v) is 3.49. The molecule has 122 valence electrons. The fourth-order valence-electron chi connectivity index (χ4n) is 2.18. The lowest BCUT2D eigenvalue weighted by molar-refractivity contribution is 0.0951. The van der Waals surface area contributed by atoms with Crippen molar-refractivity contribution >= 4 is 5.91 Å². The number of hydrogen-bond acceptors (Lipinski definition) is 5. The number of rotatable bonds is 6. The van der Waals surface area contributed by atoms with Gasteiger partial charge in [-0.1, -0.05) is 18.2 Å². The average molecular weight is 323 g/mol. The number of hydrogen-bond donors (Lipinski definition) is 1. The Balaban J connectivity index is 1.56. The van der Waals surface area contributed by atoms with Crippen molar-refractivity contribution in [2.75, 3.05) is 7.11 Å². The number of carbonyl (C=O) groups excluding carboxylic acids is 1. The molecular weight excluding hydrogens is 306 g/mol. The Morgan fingerprint density at radius 2 is 1.96 bits per heavy atom. The molecule has 3 rings (SSSR count). The van der Waals surface area contributed by atoms with Crippen molar-refractivity contribution in [3.63, 3.8) is 0 Å². The fourth-order valence-corrected chi connectivity index (χ4v) is 2.18. The van der Waals surface area contributed by atoms with Crippen LogP contribution in [0.1, 0.15) is 21.5 Å². The lowest BCUT2D eigenvalue weighted by atomic mass is 10.1. The van der Waals surface area contributed by atoms with Gasteiger partial charge in [0.15, 0.2) is 0 Å². The third-order valence-electron chi connectivity index (χ3n) is 3.49. The second kappa shape index (κ2) is 7.36. The molecule has 2 aromatic heterocycles. The van der Waals surface area contributed by atoms with Gasteiger partial charge < -0.3 is 10.1 Å². The first kappa shape index (κ1) is 15.7. The molecule has 1 aromatic carbocycles. The van der Waals surface area contributed by atoms with E-state index in [0.717, 1.165) is 11.1 Å². The number of nitrogens with one attached hydrogen (secondary N) is 1. The predicted octanol–water partition coefficient (Wildman–Crippen LogP) is 1.66. The molecule has 0 aliphatic carbocycles. The third kappa shape index (κ3) is 3.95. The van der Waals surface area contributed by atoms with Gasteiger partial charge in [0.05, 0.1) is 13.7 Å². The zero-order valence-electron chi connectivity index (χ0n) is 13.2. The minimum absolute atomic E-state index is 0.127. The molecule has 0 aliphatic heterocycles. The van der Waals surface area contributed by atoms with Crippen LogP contribution in [0.15, 0.2) is 55.2 Å². The smallest absolute Gasteiger partial charge is 0.251 e. The van der Waals surface area contributed by atoms with Gasteiger partial charge in [0, 0.05) is 24.4 Å². The molecule has 0 fully saturated rings.